The Hall–Kier alpha value is -1.13. The zero-order valence-corrected chi connectivity index (χ0v) is 13.3. The van der Waals surface area contributed by atoms with Gasteiger partial charge in [0.05, 0.1) is 12.2 Å². The summed E-state index contributed by atoms with van der Waals surface area (Å²) in [7, 11) is 0. The van der Waals surface area contributed by atoms with Crippen LogP contribution in [0.3, 0.4) is 0 Å². The van der Waals surface area contributed by atoms with Crippen LogP contribution in [0.4, 0.5) is 0 Å². The van der Waals surface area contributed by atoms with Gasteiger partial charge in [-0.1, -0.05) is 13.8 Å². The van der Waals surface area contributed by atoms with Crippen molar-refractivity contribution in [2.45, 2.75) is 53.8 Å². The van der Waals surface area contributed by atoms with E-state index in [1.165, 1.54) is 21.0 Å². The fraction of sp³-hybridized carbons (Fsp3) is 0.533. The summed E-state index contributed by atoms with van der Waals surface area (Å²) in [5.74, 6) is 0. The Morgan fingerprint density at radius 2 is 1.89 bits per heavy atom. The average molecular weight is 277 g/mol. The molecule has 0 saturated heterocycles. The van der Waals surface area contributed by atoms with Crippen molar-refractivity contribution in [2.75, 3.05) is 0 Å². The van der Waals surface area contributed by atoms with Crippen LogP contribution in [-0.4, -0.2) is 15.8 Å². The molecule has 0 saturated carbocycles. The summed E-state index contributed by atoms with van der Waals surface area (Å²) < 4.78 is 2.11. The van der Waals surface area contributed by atoms with E-state index in [1.807, 2.05) is 11.3 Å². The van der Waals surface area contributed by atoms with Gasteiger partial charge in [0.15, 0.2) is 0 Å². The van der Waals surface area contributed by atoms with Gasteiger partial charge in [0.2, 0.25) is 0 Å². The van der Waals surface area contributed by atoms with E-state index >= 15 is 0 Å². The predicted molar refractivity (Wildman–Crippen MR) is 81.8 cm³/mol. The highest BCUT2D eigenvalue weighted by atomic mass is 32.1. The van der Waals surface area contributed by atoms with Gasteiger partial charge in [0.1, 0.15) is 0 Å². The first-order valence-electron chi connectivity index (χ1n) is 6.79. The topological polar surface area (TPSA) is 29.9 Å². The Bertz CT molecular complexity index is 552. The summed E-state index contributed by atoms with van der Waals surface area (Å²) >= 11 is 1.87. The van der Waals surface area contributed by atoms with Crippen LogP contribution in [0, 0.1) is 20.8 Å². The lowest BCUT2D eigenvalue weighted by molar-refractivity contribution is 0.593. The van der Waals surface area contributed by atoms with Crippen molar-refractivity contribution in [3.63, 3.8) is 0 Å². The summed E-state index contributed by atoms with van der Waals surface area (Å²) in [6.45, 7) is 12.5. The minimum absolute atomic E-state index is 0.532. The normalized spacial score (nSPS) is 11.5. The molecule has 0 radical (unpaired) electrons. The third kappa shape index (κ3) is 3.45. The zero-order chi connectivity index (χ0) is 14.0. The molecule has 0 fully saturated rings. The number of nitrogens with one attached hydrogen (secondary N) is 1. The molecule has 2 heterocycles. The van der Waals surface area contributed by atoms with E-state index in [0.717, 1.165) is 18.8 Å². The molecule has 104 valence electrons. The molecule has 0 aliphatic heterocycles. The van der Waals surface area contributed by atoms with Gasteiger partial charge in [-0.15, -0.1) is 11.3 Å². The van der Waals surface area contributed by atoms with Gasteiger partial charge in [0.25, 0.3) is 0 Å². The van der Waals surface area contributed by atoms with Gasteiger partial charge >= 0.3 is 0 Å². The summed E-state index contributed by atoms with van der Waals surface area (Å²) in [6.07, 6.45) is 0. The Kier molecular flexibility index (Phi) is 4.42. The Morgan fingerprint density at radius 1 is 1.21 bits per heavy atom. The monoisotopic (exact) mass is 277 g/mol. The minimum Gasteiger partial charge on any atom is -0.310 e. The smallest absolute Gasteiger partial charge is 0.0755 e. The third-order valence-corrected chi connectivity index (χ3v) is 4.52. The molecule has 1 N–H and O–H groups in total. The lowest BCUT2D eigenvalue weighted by Gasteiger charge is -2.05. The van der Waals surface area contributed by atoms with Crippen LogP contribution < -0.4 is 5.32 Å². The molecule has 2 rings (SSSR count). The van der Waals surface area contributed by atoms with Crippen molar-refractivity contribution in [3.8, 4) is 0 Å². The van der Waals surface area contributed by atoms with E-state index in [9.17, 15) is 0 Å². The van der Waals surface area contributed by atoms with Crippen molar-refractivity contribution in [3.05, 3.63) is 38.8 Å². The highest BCUT2D eigenvalue weighted by Gasteiger charge is 2.09. The lowest BCUT2D eigenvalue weighted by Crippen LogP contribution is -2.21. The molecule has 2 aromatic heterocycles. The Morgan fingerprint density at radius 3 is 2.47 bits per heavy atom. The maximum absolute atomic E-state index is 4.60. The second-order valence-corrected chi connectivity index (χ2v) is 6.61. The predicted octanol–water partition coefficient (Wildman–Crippen LogP) is 3.42. The van der Waals surface area contributed by atoms with E-state index < -0.39 is 0 Å². The fourth-order valence-corrected chi connectivity index (χ4v) is 2.95. The molecule has 0 aliphatic carbocycles. The maximum Gasteiger partial charge on any atom is 0.0755 e. The molecule has 4 heteroatoms. The van der Waals surface area contributed by atoms with Crippen molar-refractivity contribution >= 4 is 11.3 Å². The van der Waals surface area contributed by atoms with Gasteiger partial charge in [-0.25, -0.2) is 0 Å². The molecular weight excluding hydrogens is 254 g/mol. The van der Waals surface area contributed by atoms with Crippen LogP contribution in [0.15, 0.2) is 12.1 Å². The van der Waals surface area contributed by atoms with Gasteiger partial charge in [-0.2, -0.15) is 5.10 Å². The van der Waals surface area contributed by atoms with Gasteiger partial charge in [-0.3, -0.25) is 4.68 Å². The van der Waals surface area contributed by atoms with E-state index in [1.54, 1.807) is 0 Å². The number of aromatic nitrogens is 2. The van der Waals surface area contributed by atoms with Crippen LogP contribution in [-0.2, 0) is 13.1 Å². The number of aryl methyl sites for hydroxylation is 1. The molecule has 0 unspecified atom stereocenters. The molecule has 0 bridgehead atoms. The highest BCUT2D eigenvalue weighted by Crippen LogP contribution is 2.19. The van der Waals surface area contributed by atoms with Crippen LogP contribution in [0.2, 0.25) is 0 Å². The quantitative estimate of drug-likeness (QED) is 0.907. The SMILES string of the molecule is Cc1nn(Cc2ccc(CNC(C)C)s2)c(C)c1C. The molecule has 19 heavy (non-hydrogen) atoms. The number of hydrogen-bond donors (Lipinski definition) is 1. The minimum atomic E-state index is 0.532. The van der Waals surface area contributed by atoms with Crippen molar-refractivity contribution in [2.24, 2.45) is 0 Å². The van der Waals surface area contributed by atoms with Crippen molar-refractivity contribution in [1.29, 1.82) is 0 Å². The highest BCUT2D eigenvalue weighted by molar-refractivity contribution is 7.11. The zero-order valence-electron chi connectivity index (χ0n) is 12.4. The third-order valence-electron chi connectivity index (χ3n) is 3.45. The van der Waals surface area contributed by atoms with Crippen LogP contribution in [0.25, 0.3) is 0 Å². The summed E-state index contributed by atoms with van der Waals surface area (Å²) in [5, 5.41) is 8.05. The molecule has 0 aliphatic rings. The summed E-state index contributed by atoms with van der Waals surface area (Å²) in [6, 6.07) is 4.96. The first kappa shape index (κ1) is 14.3. The second kappa shape index (κ2) is 5.88. The number of hydrogen-bond acceptors (Lipinski definition) is 3. The van der Waals surface area contributed by atoms with Gasteiger partial charge in [-0.05, 0) is 38.5 Å². The average Bonchev–Trinajstić information content (AvgIpc) is 2.89. The first-order chi connectivity index (χ1) is 8.97. The second-order valence-electron chi connectivity index (χ2n) is 5.36. The summed E-state index contributed by atoms with van der Waals surface area (Å²) in [5.41, 5.74) is 3.71. The first-order valence-corrected chi connectivity index (χ1v) is 7.60. The molecule has 3 nitrogen and oxygen atoms in total. The number of thiophene rings is 1. The van der Waals surface area contributed by atoms with Gasteiger partial charge in [0, 0.05) is 28.0 Å². The summed E-state index contributed by atoms with van der Waals surface area (Å²) in [4.78, 5) is 2.76. The number of nitrogens with zero attached hydrogens (tertiary/aromatic N) is 2. The van der Waals surface area contributed by atoms with E-state index in [0.29, 0.717) is 6.04 Å². The van der Waals surface area contributed by atoms with E-state index in [2.05, 4.69) is 61.8 Å². The van der Waals surface area contributed by atoms with Gasteiger partial charge < -0.3 is 5.32 Å². The Labute approximate surface area is 119 Å². The number of rotatable bonds is 5. The van der Waals surface area contributed by atoms with Crippen LogP contribution in [0.5, 0.6) is 0 Å². The van der Waals surface area contributed by atoms with Crippen molar-refractivity contribution in [1.82, 2.24) is 15.1 Å². The lowest BCUT2D eigenvalue weighted by atomic mass is 10.2. The fourth-order valence-electron chi connectivity index (χ4n) is 2.00. The maximum atomic E-state index is 4.60. The molecule has 0 amide bonds. The van der Waals surface area contributed by atoms with E-state index in [-0.39, 0.29) is 0 Å². The van der Waals surface area contributed by atoms with Crippen LogP contribution >= 0.6 is 11.3 Å². The molecule has 2 aromatic rings. The Balaban J connectivity index is 2.05. The molecule has 0 spiro atoms. The molecule has 0 atom stereocenters. The molecular formula is C15H23N3S. The van der Waals surface area contributed by atoms with E-state index in [4.69, 9.17) is 0 Å². The van der Waals surface area contributed by atoms with Crippen molar-refractivity contribution < 1.29 is 0 Å². The molecule has 0 aromatic carbocycles. The standard InChI is InChI=1S/C15H23N3S/c1-10(2)16-8-14-6-7-15(19-14)9-18-13(5)11(3)12(4)17-18/h6-7,10,16H,8-9H2,1-5H3. The largest absolute Gasteiger partial charge is 0.310 e. The van der Waals surface area contributed by atoms with Crippen LogP contribution in [0.1, 0.15) is 40.6 Å².